The third-order valence-electron chi connectivity index (χ3n) is 18.5. The van der Waals surface area contributed by atoms with Crippen molar-refractivity contribution in [2.24, 2.45) is 0 Å². The maximum Gasteiger partial charge on any atom is 0.364 e. The number of unbranched alkanes of at least 4 members (excludes halogenated alkanes) is 35. The van der Waals surface area contributed by atoms with Gasteiger partial charge in [0.2, 0.25) is 11.8 Å². The van der Waals surface area contributed by atoms with Crippen LogP contribution in [-0.2, 0) is 42.8 Å². The van der Waals surface area contributed by atoms with Crippen molar-refractivity contribution in [2.75, 3.05) is 26.4 Å². The third kappa shape index (κ3) is 31.8. The molecular weight excluding hydrogens is 1190 g/mol. The number of amides is 2. The highest BCUT2D eigenvalue weighted by molar-refractivity contribution is 5.77. The van der Waals surface area contributed by atoms with E-state index in [9.17, 15) is 75.7 Å². The molecule has 0 spiro atoms. The van der Waals surface area contributed by atoms with Crippen LogP contribution in [-0.4, -0.2) is 215 Å². The molecule has 0 aromatic heterocycles. The van der Waals surface area contributed by atoms with Gasteiger partial charge in [0.25, 0.3) is 5.79 Å². The Labute approximate surface area is 550 Å². The van der Waals surface area contributed by atoms with E-state index in [1.54, 1.807) is 6.08 Å². The molecular formula is C69H128N2O21. The van der Waals surface area contributed by atoms with Crippen molar-refractivity contribution in [1.82, 2.24) is 10.6 Å². The normalized spacial score (nSPS) is 28.3. The van der Waals surface area contributed by atoms with Gasteiger partial charge in [-0.2, -0.15) is 0 Å². The summed E-state index contributed by atoms with van der Waals surface area (Å²) in [6.45, 7) is 2.16. The summed E-state index contributed by atoms with van der Waals surface area (Å²) in [4.78, 5) is 38.5. The van der Waals surface area contributed by atoms with Crippen LogP contribution >= 0.6 is 0 Å². The lowest BCUT2D eigenvalue weighted by Gasteiger charge is -2.50. The van der Waals surface area contributed by atoms with Crippen LogP contribution in [0.5, 0.6) is 0 Å². The van der Waals surface area contributed by atoms with Crippen molar-refractivity contribution in [2.45, 2.75) is 381 Å². The van der Waals surface area contributed by atoms with E-state index in [0.717, 1.165) is 51.9 Å². The molecule has 0 bridgehead atoms. The molecule has 3 rings (SSSR count). The quantitative estimate of drug-likeness (QED) is 0.0214. The topological polar surface area (TPSA) is 373 Å². The van der Waals surface area contributed by atoms with Crippen LogP contribution in [0.2, 0.25) is 0 Å². The van der Waals surface area contributed by atoms with Gasteiger partial charge in [-0.05, 0) is 19.3 Å². The Morgan fingerprint density at radius 2 is 1.01 bits per heavy atom. The fraction of sp³-hybridized carbons (Fsp3) is 0.928. The summed E-state index contributed by atoms with van der Waals surface area (Å²) in [6, 6.07) is -2.61. The number of carbonyl (C=O) groups is 3. The summed E-state index contributed by atoms with van der Waals surface area (Å²) in [5.74, 6) is -6.14. The minimum absolute atomic E-state index is 0.205. The van der Waals surface area contributed by atoms with Gasteiger partial charge in [0, 0.05) is 19.8 Å². The molecule has 0 radical (unpaired) electrons. The van der Waals surface area contributed by atoms with E-state index in [-0.39, 0.29) is 12.3 Å². The molecule has 0 saturated carbocycles. The van der Waals surface area contributed by atoms with Crippen LogP contribution in [0.4, 0.5) is 0 Å². The molecule has 540 valence electrons. The first-order valence-electron chi connectivity index (χ1n) is 36.1. The van der Waals surface area contributed by atoms with Gasteiger partial charge in [0.05, 0.1) is 50.7 Å². The number of aliphatic hydroxyl groups is 11. The van der Waals surface area contributed by atoms with Gasteiger partial charge in [-0.1, -0.05) is 244 Å². The lowest BCUT2D eigenvalue weighted by molar-refractivity contribution is -0.386. The standard InChI is InChI=1S/C69H128N2O21/c1-4-6-8-10-12-14-16-18-20-21-22-23-24-25-26-27-28-29-30-32-34-36-38-40-42-51(76)50(71-56(79)43-41-39-37-35-33-31-19-17-15-13-11-9-7-5-2)48-87-66-61(83)60(82)63(55(47-74)89-66)90-67-62(84)65(59(81)54(46-73)88-67)92-69(68(85)86)44-52(77)57(70-49(3)75)64(91-69)58(80)53(78)45-72/h40,42,50-55,57-67,72-74,76-78,80-84H,4-39,41,43-48H2,1-3H3,(H,70,75)(H,71,79)(H,85,86)/b42-40+. The maximum absolute atomic E-state index is 13.4. The predicted octanol–water partition coefficient (Wildman–Crippen LogP) is 7.07. The first kappa shape index (κ1) is 83.7. The average Bonchev–Trinajstić information content (AvgIpc) is 0.763. The van der Waals surface area contributed by atoms with Crippen LogP contribution in [0.25, 0.3) is 0 Å². The summed E-state index contributed by atoms with van der Waals surface area (Å²) in [7, 11) is 0. The predicted molar refractivity (Wildman–Crippen MR) is 348 cm³/mol. The molecule has 3 saturated heterocycles. The zero-order valence-corrected chi connectivity index (χ0v) is 56.4. The Morgan fingerprint density at radius 1 is 0.565 bits per heavy atom. The average molecular weight is 1320 g/mol. The minimum atomic E-state index is -3.08. The van der Waals surface area contributed by atoms with Gasteiger partial charge in [0.15, 0.2) is 12.6 Å². The third-order valence-corrected chi connectivity index (χ3v) is 18.5. The Bertz CT molecular complexity index is 1910. The molecule has 0 aliphatic carbocycles. The van der Waals surface area contributed by atoms with E-state index in [4.69, 9.17) is 28.4 Å². The van der Waals surface area contributed by atoms with E-state index >= 15 is 0 Å². The first-order valence-corrected chi connectivity index (χ1v) is 36.1. The van der Waals surface area contributed by atoms with Crippen molar-refractivity contribution in [3.63, 3.8) is 0 Å². The molecule has 0 aromatic rings. The number of carbonyl (C=O) groups excluding carboxylic acids is 2. The van der Waals surface area contributed by atoms with Gasteiger partial charge in [0.1, 0.15) is 67.1 Å². The number of carboxylic acid groups (broad SMARTS) is 1. The van der Waals surface area contributed by atoms with Crippen molar-refractivity contribution in [3.8, 4) is 0 Å². The van der Waals surface area contributed by atoms with E-state index in [1.807, 2.05) is 6.08 Å². The lowest BCUT2D eigenvalue weighted by atomic mass is 9.88. The molecule has 18 atom stereocenters. The number of allylic oxidation sites excluding steroid dienone is 1. The highest BCUT2D eigenvalue weighted by Crippen LogP contribution is 2.39. The van der Waals surface area contributed by atoms with Gasteiger partial charge >= 0.3 is 5.97 Å². The number of aliphatic hydroxyl groups excluding tert-OH is 11. The summed E-state index contributed by atoms with van der Waals surface area (Å²) in [6.07, 6.45) is 19.7. The Morgan fingerprint density at radius 3 is 1.45 bits per heavy atom. The van der Waals surface area contributed by atoms with Crippen molar-refractivity contribution < 1.29 is 104 Å². The highest BCUT2D eigenvalue weighted by Gasteiger charge is 2.60. The number of aliphatic carboxylic acids is 1. The molecule has 2 amide bonds. The summed E-state index contributed by atoms with van der Waals surface area (Å²) >= 11 is 0. The van der Waals surface area contributed by atoms with Crippen molar-refractivity contribution in [3.05, 3.63) is 12.2 Å². The summed E-state index contributed by atoms with van der Waals surface area (Å²) < 4.78 is 34.8. The molecule has 3 aliphatic rings. The number of hydrogen-bond donors (Lipinski definition) is 14. The van der Waals surface area contributed by atoms with E-state index in [2.05, 4.69) is 24.5 Å². The van der Waals surface area contributed by atoms with E-state index in [1.165, 1.54) is 180 Å². The second-order valence-corrected chi connectivity index (χ2v) is 26.5. The second-order valence-electron chi connectivity index (χ2n) is 26.5. The largest absolute Gasteiger partial charge is 0.477 e. The lowest BCUT2D eigenvalue weighted by Crippen LogP contribution is -2.70. The molecule has 23 nitrogen and oxygen atoms in total. The second kappa shape index (κ2) is 49.9. The monoisotopic (exact) mass is 1320 g/mol. The molecule has 92 heavy (non-hydrogen) atoms. The molecule has 3 aliphatic heterocycles. The number of carboxylic acids is 1. The van der Waals surface area contributed by atoms with Crippen molar-refractivity contribution in [1.29, 1.82) is 0 Å². The number of ether oxygens (including phenoxy) is 6. The fourth-order valence-corrected chi connectivity index (χ4v) is 12.7. The Balaban J connectivity index is 1.57. The van der Waals surface area contributed by atoms with Crippen LogP contribution < -0.4 is 10.6 Å². The van der Waals surface area contributed by atoms with Crippen molar-refractivity contribution >= 4 is 17.8 Å². The minimum Gasteiger partial charge on any atom is -0.477 e. The van der Waals surface area contributed by atoms with Crippen LogP contribution in [0.3, 0.4) is 0 Å². The summed E-state index contributed by atoms with van der Waals surface area (Å²) in [5.41, 5.74) is 0. The zero-order chi connectivity index (χ0) is 67.5. The number of nitrogens with one attached hydrogen (secondary N) is 2. The maximum atomic E-state index is 13.4. The smallest absolute Gasteiger partial charge is 0.364 e. The molecule has 23 heteroatoms. The van der Waals surface area contributed by atoms with E-state index in [0.29, 0.717) is 12.8 Å². The molecule has 18 unspecified atom stereocenters. The molecule has 3 fully saturated rings. The number of hydrogen-bond acceptors (Lipinski definition) is 20. The molecule has 14 N–H and O–H groups in total. The van der Waals surface area contributed by atoms with Gasteiger partial charge in [-0.3, -0.25) is 9.59 Å². The van der Waals surface area contributed by atoms with Crippen LogP contribution in [0.1, 0.15) is 271 Å². The Kier molecular flexibility index (Phi) is 45.4. The first-order chi connectivity index (χ1) is 44.4. The van der Waals surface area contributed by atoms with Crippen LogP contribution in [0.15, 0.2) is 12.2 Å². The van der Waals surface area contributed by atoms with Crippen LogP contribution in [0, 0.1) is 0 Å². The highest BCUT2D eigenvalue weighted by atomic mass is 16.8. The summed E-state index contributed by atoms with van der Waals surface area (Å²) in [5, 5.41) is 136. The van der Waals surface area contributed by atoms with Gasteiger partial charge in [-0.15, -0.1) is 0 Å². The zero-order valence-electron chi connectivity index (χ0n) is 56.4. The number of rotatable bonds is 55. The molecule has 3 heterocycles. The van der Waals surface area contributed by atoms with E-state index < -0.39 is 155 Å². The SMILES string of the molecule is CCCCCCCCCCCCCCCCCCCCCCCC/C=C/C(O)C(COC1OC(CO)C(OC2OC(CO)C(O)C(OC3(C(=O)O)CC(O)C(NC(C)=O)C(C(O)C(O)CO)O3)C2O)C(O)C1O)NC(=O)CCCCCCCCCCCCCCCC. The van der Waals surface area contributed by atoms with Gasteiger partial charge < -0.3 is 100 Å². The fourth-order valence-electron chi connectivity index (χ4n) is 12.7. The molecule has 0 aromatic carbocycles. The van der Waals surface area contributed by atoms with Gasteiger partial charge in [-0.25, -0.2) is 4.79 Å². The Hall–Kier alpha value is -2.53.